The highest BCUT2D eigenvalue weighted by Crippen LogP contribution is 2.23. The lowest BCUT2D eigenvalue weighted by Crippen LogP contribution is -2.30. The first kappa shape index (κ1) is 13.8. The van der Waals surface area contributed by atoms with Crippen LogP contribution >= 0.6 is 27.7 Å². The minimum atomic E-state index is -4.14. The number of thioether (sulfide) groups is 1. The van der Waals surface area contributed by atoms with Crippen molar-refractivity contribution in [3.8, 4) is 0 Å². The van der Waals surface area contributed by atoms with Gasteiger partial charge in [-0.15, -0.1) is 11.8 Å². The second-order valence-corrected chi connectivity index (χ2v) is 4.87. The van der Waals surface area contributed by atoms with Crippen molar-refractivity contribution in [2.24, 2.45) is 0 Å². The van der Waals surface area contributed by atoms with E-state index in [1.807, 2.05) is 6.07 Å². The molecule has 1 aromatic rings. The summed E-state index contributed by atoms with van der Waals surface area (Å²) in [5.74, 6) is 0.547. The minimum Gasteiger partial charge on any atom is -0.308 e. The number of pyridine rings is 1. The summed E-state index contributed by atoms with van der Waals surface area (Å²) in [6.45, 7) is -0.649. The molecule has 0 unspecified atom stereocenters. The Balaban J connectivity index is 2.19. The maximum atomic E-state index is 11.8. The predicted octanol–water partition coefficient (Wildman–Crippen LogP) is 3.09. The molecule has 0 aromatic carbocycles. The first-order valence-electron chi connectivity index (χ1n) is 4.50. The van der Waals surface area contributed by atoms with Gasteiger partial charge in [-0.3, -0.25) is 0 Å². The van der Waals surface area contributed by atoms with Crippen LogP contribution in [0.25, 0.3) is 0 Å². The molecule has 2 nitrogen and oxygen atoms in total. The van der Waals surface area contributed by atoms with Crippen LogP contribution in [0.15, 0.2) is 27.8 Å². The van der Waals surface area contributed by atoms with Crippen molar-refractivity contribution in [3.05, 3.63) is 22.8 Å². The molecule has 0 aliphatic rings. The van der Waals surface area contributed by atoms with Gasteiger partial charge in [0.05, 0.1) is 6.54 Å². The van der Waals surface area contributed by atoms with Gasteiger partial charge in [-0.1, -0.05) is 0 Å². The number of hydrogen-bond acceptors (Lipinski definition) is 3. The second kappa shape index (κ2) is 6.46. The van der Waals surface area contributed by atoms with Gasteiger partial charge in [-0.25, -0.2) is 4.98 Å². The molecular formula is C9H10BrF3N2S. The maximum absolute atomic E-state index is 11.8. The largest absolute Gasteiger partial charge is 0.401 e. The number of hydrogen-bond donors (Lipinski definition) is 1. The first-order chi connectivity index (χ1) is 7.49. The van der Waals surface area contributed by atoms with E-state index in [0.717, 1.165) is 9.50 Å². The van der Waals surface area contributed by atoms with E-state index in [0.29, 0.717) is 12.3 Å². The Bertz CT molecular complexity index is 333. The van der Waals surface area contributed by atoms with E-state index in [-0.39, 0.29) is 0 Å². The third kappa shape index (κ3) is 5.72. The molecular weight excluding hydrogens is 305 g/mol. The van der Waals surface area contributed by atoms with Crippen molar-refractivity contribution >= 4 is 27.7 Å². The third-order valence-electron chi connectivity index (χ3n) is 1.57. The van der Waals surface area contributed by atoms with E-state index in [1.165, 1.54) is 11.8 Å². The van der Waals surface area contributed by atoms with Crippen LogP contribution in [0, 0.1) is 0 Å². The number of nitrogens with zero attached hydrogens (tertiary/aromatic N) is 1. The molecule has 1 rings (SSSR count). The Kier molecular flexibility index (Phi) is 5.57. The summed E-state index contributed by atoms with van der Waals surface area (Å²) in [5, 5.41) is 3.11. The SMILES string of the molecule is FC(F)(F)CNCCSc1ncccc1Br. The fraction of sp³-hybridized carbons (Fsp3) is 0.444. The van der Waals surface area contributed by atoms with Gasteiger partial charge >= 0.3 is 6.18 Å². The normalized spacial score (nSPS) is 11.8. The predicted molar refractivity (Wildman–Crippen MR) is 61.6 cm³/mol. The highest BCUT2D eigenvalue weighted by molar-refractivity contribution is 9.10. The van der Waals surface area contributed by atoms with Gasteiger partial charge in [-0.05, 0) is 28.1 Å². The zero-order chi connectivity index (χ0) is 12.0. The summed E-state index contributed by atoms with van der Waals surface area (Å²) in [4.78, 5) is 4.09. The molecule has 1 N–H and O–H groups in total. The lowest BCUT2D eigenvalue weighted by Gasteiger charge is -2.07. The Morgan fingerprint density at radius 2 is 2.19 bits per heavy atom. The van der Waals surface area contributed by atoms with Crippen molar-refractivity contribution in [2.45, 2.75) is 11.2 Å². The third-order valence-corrected chi connectivity index (χ3v) is 3.48. The van der Waals surface area contributed by atoms with Crippen molar-refractivity contribution in [2.75, 3.05) is 18.8 Å². The van der Waals surface area contributed by atoms with Crippen LogP contribution in [0.1, 0.15) is 0 Å². The molecule has 0 fully saturated rings. The van der Waals surface area contributed by atoms with E-state index in [9.17, 15) is 13.2 Å². The average molecular weight is 315 g/mol. The van der Waals surface area contributed by atoms with Crippen molar-refractivity contribution in [1.29, 1.82) is 0 Å². The van der Waals surface area contributed by atoms with Gasteiger partial charge in [0.2, 0.25) is 0 Å². The van der Waals surface area contributed by atoms with Gasteiger partial charge in [0, 0.05) is 23.0 Å². The molecule has 0 spiro atoms. The smallest absolute Gasteiger partial charge is 0.308 e. The minimum absolute atomic E-state index is 0.299. The van der Waals surface area contributed by atoms with Crippen LogP contribution in [0.4, 0.5) is 13.2 Å². The van der Waals surface area contributed by atoms with Crippen LogP contribution < -0.4 is 5.32 Å². The molecule has 16 heavy (non-hydrogen) atoms. The van der Waals surface area contributed by atoms with Crippen LogP contribution in [-0.2, 0) is 0 Å². The van der Waals surface area contributed by atoms with Gasteiger partial charge < -0.3 is 5.32 Å². The molecule has 0 radical (unpaired) electrons. The standard InChI is InChI=1S/C9H10BrF3N2S/c10-7-2-1-3-15-8(7)16-5-4-14-6-9(11,12)13/h1-3,14H,4-6H2. The Morgan fingerprint density at radius 1 is 1.44 bits per heavy atom. The zero-order valence-corrected chi connectivity index (χ0v) is 10.6. The topological polar surface area (TPSA) is 24.9 Å². The van der Waals surface area contributed by atoms with Gasteiger partial charge in [-0.2, -0.15) is 13.2 Å². The van der Waals surface area contributed by atoms with E-state index in [1.54, 1.807) is 12.3 Å². The summed E-state index contributed by atoms with van der Waals surface area (Å²) in [6, 6.07) is 3.63. The van der Waals surface area contributed by atoms with Crippen LogP contribution in [0.2, 0.25) is 0 Å². The van der Waals surface area contributed by atoms with Crippen LogP contribution in [0.5, 0.6) is 0 Å². The van der Waals surface area contributed by atoms with Crippen LogP contribution in [0.3, 0.4) is 0 Å². The van der Waals surface area contributed by atoms with Crippen LogP contribution in [-0.4, -0.2) is 30.0 Å². The molecule has 0 bridgehead atoms. The summed E-state index contributed by atoms with van der Waals surface area (Å²) in [7, 11) is 0. The van der Waals surface area contributed by atoms with E-state index >= 15 is 0 Å². The molecule has 0 amide bonds. The molecule has 7 heteroatoms. The maximum Gasteiger partial charge on any atom is 0.401 e. The quantitative estimate of drug-likeness (QED) is 0.668. The monoisotopic (exact) mass is 314 g/mol. The van der Waals surface area contributed by atoms with Gasteiger partial charge in [0.15, 0.2) is 0 Å². The summed E-state index contributed by atoms with van der Waals surface area (Å²) >= 11 is 4.72. The lowest BCUT2D eigenvalue weighted by atomic mass is 10.5. The van der Waals surface area contributed by atoms with E-state index in [2.05, 4.69) is 26.2 Å². The molecule has 1 aromatic heterocycles. The molecule has 0 saturated heterocycles. The number of halogens is 4. The Labute approximate surface area is 104 Å². The van der Waals surface area contributed by atoms with Gasteiger partial charge in [0.25, 0.3) is 0 Å². The Hall–Kier alpha value is -0.270. The highest BCUT2D eigenvalue weighted by atomic mass is 79.9. The summed E-state index contributed by atoms with van der Waals surface area (Å²) in [5.41, 5.74) is 0. The highest BCUT2D eigenvalue weighted by Gasteiger charge is 2.25. The fourth-order valence-corrected chi connectivity index (χ4v) is 2.31. The summed E-state index contributed by atoms with van der Waals surface area (Å²) < 4.78 is 36.2. The van der Waals surface area contributed by atoms with Crippen molar-refractivity contribution < 1.29 is 13.2 Å². The summed E-state index contributed by atoms with van der Waals surface area (Å²) in [6.07, 6.45) is -2.49. The zero-order valence-electron chi connectivity index (χ0n) is 8.22. The van der Waals surface area contributed by atoms with Crippen molar-refractivity contribution in [3.63, 3.8) is 0 Å². The average Bonchev–Trinajstić information content (AvgIpc) is 2.18. The molecule has 0 saturated carbocycles. The number of nitrogens with one attached hydrogen (secondary N) is 1. The van der Waals surface area contributed by atoms with Crippen molar-refractivity contribution in [1.82, 2.24) is 10.3 Å². The second-order valence-electron chi connectivity index (χ2n) is 2.93. The lowest BCUT2D eigenvalue weighted by molar-refractivity contribution is -0.124. The van der Waals surface area contributed by atoms with E-state index in [4.69, 9.17) is 0 Å². The van der Waals surface area contributed by atoms with E-state index < -0.39 is 12.7 Å². The number of aromatic nitrogens is 1. The first-order valence-corrected chi connectivity index (χ1v) is 6.28. The fourth-order valence-electron chi connectivity index (χ4n) is 0.927. The molecule has 90 valence electrons. The molecule has 1 heterocycles. The Morgan fingerprint density at radius 3 is 2.81 bits per heavy atom. The molecule has 0 atom stereocenters. The molecule has 0 aliphatic carbocycles. The van der Waals surface area contributed by atoms with Gasteiger partial charge in [0.1, 0.15) is 5.03 Å². The number of alkyl halides is 3. The molecule has 0 aliphatic heterocycles. The number of rotatable bonds is 5.